The number of carbonyl (C=O) groups is 3. The van der Waals surface area contributed by atoms with Crippen molar-refractivity contribution in [3.63, 3.8) is 0 Å². The van der Waals surface area contributed by atoms with Crippen molar-refractivity contribution in [1.82, 2.24) is 0 Å². The van der Waals surface area contributed by atoms with Crippen LogP contribution in [0.4, 0.5) is 0 Å². The summed E-state index contributed by atoms with van der Waals surface area (Å²) >= 11 is 3.59. The molecule has 0 rings (SSSR count). The number of ether oxygens (including phenoxy) is 2. The van der Waals surface area contributed by atoms with Gasteiger partial charge >= 0.3 is 17.9 Å². The molecular formula is C8H10O5S. The van der Waals surface area contributed by atoms with Gasteiger partial charge in [0, 0.05) is 12.2 Å². The van der Waals surface area contributed by atoms with Crippen LogP contribution in [0.25, 0.3) is 0 Å². The lowest BCUT2D eigenvalue weighted by molar-refractivity contribution is -0.154. The topological polar surface area (TPSA) is 69.7 Å². The summed E-state index contributed by atoms with van der Waals surface area (Å²) in [7, 11) is 0. The Balaban J connectivity index is 3.93. The molecule has 0 atom stereocenters. The first kappa shape index (κ1) is 12.7. The average Bonchev–Trinajstić information content (AvgIpc) is 2.15. The molecule has 0 aliphatic carbocycles. The molecule has 0 N–H and O–H groups in total. The quantitative estimate of drug-likeness (QED) is 0.314. The minimum Gasteiger partial charge on any atom is -0.463 e. The van der Waals surface area contributed by atoms with E-state index in [2.05, 4.69) is 22.1 Å². The van der Waals surface area contributed by atoms with Gasteiger partial charge in [0.25, 0.3) is 0 Å². The van der Waals surface area contributed by atoms with Gasteiger partial charge in [0.15, 0.2) is 0 Å². The highest BCUT2D eigenvalue weighted by Crippen LogP contribution is 1.87. The van der Waals surface area contributed by atoms with Crippen molar-refractivity contribution in [2.75, 3.05) is 12.4 Å². The van der Waals surface area contributed by atoms with Crippen LogP contribution in [-0.2, 0) is 23.9 Å². The van der Waals surface area contributed by atoms with Gasteiger partial charge in [-0.3, -0.25) is 4.79 Å². The van der Waals surface area contributed by atoms with Crippen LogP contribution in [0.5, 0.6) is 0 Å². The van der Waals surface area contributed by atoms with E-state index in [-0.39, 0.29) is 12.4 Å². The smallest absolute Gasteiger partial charge is 0.338 e. The zero-order valence-corrected chi connectivity index (χ0v) is 8.45. The van der Waals surface area contributed by atoms with E-state index in [1.54, 1.807) is 6.92 Å². The second-order valence-corrected chi connectivity index (χ2v) is 2.35. The molecular weight excluding hydrogens is 208 g/mol. The minimum absolute atomic E-state index is 0.195. The predicted octanol–water partition coefficient (Wildman–Crippen LogP) is 0.105. The molecule has 5 nitrogen and oxygen atoms in total. The average molecular weight is 218 g/mol. The van der Waals surface area contributed by atoms with E-state index in [9.17, 15) is 14.4 Å². The van der Waals surface area contributed by atoms with Gasteiger partial charge in [0.1, 0.15) is 0 Å². The van der Waals surface area contributed by atoms with Gasteiger partial charge in [0.2, 0.25) is 0 Å². The largest absolute Gasteiger partial charge is 0.463 e. The minimum atomic E-state index is -0.919. The fraction of sp³-hybridized carbons (Fsp3) is 0.375. The van der Waals surface area contributed by atoms with E-state index < -0.39 is 17.9 Å². The second-order valence-electron chi connectivity index (χ2n) is 2.04. The molecule has 0 aromatic carbocycles. The summed E-state index contributed by atoms with van der Waals surface area (Å²) in [5.41, 5.74) is 0. The van der Waals surface area contributed by atoms with Crippen LogP contribution in [-0.4, -0.2) is 30.3 Å². The maximum absolute atomic E-state index is 10.7. The summed E-state index contributed by atoms with van der Waals surface area (Å²) in [5.74, 6) is -2.55. The molecule has 0 saturated heterocycles. The zero-order chi connectivity index (χ0) is 11.0. The molecule has 0 radical (unpaired) electrons. The predicted molar refractivity (Wildman–Crippen MR) is 50.7 cm³/mol. The van der Waals surface area contributed by atoms with Crippen LogP contribution in [0.3, 0.4) is 0 Å². The standard InChI is InChI=1S/C8H10O5S/c1-2-12-6(9)3-4-7(10)13-8(11)5-14/h3-4,14H,2,5H2,1H3/b4-3-. The molecule has 0 amide bonds. The van der Waals surface area contributed by atoms with E-state index in [0.717, 1.165) is 12.2 Å². The summed E-state index contributed by atoms with van der Waals surface area (Å²) < 4.78 is 8.67. The monoisotopic (exact) mass is 218 g/mol. The van der Waals surface area contributed by atoms with Crippen molar-refractivity contribution < 1.29 is 23.9 Å². The van der Waals surface area contributed by atoms with E-state index in [1.165, 1.54) is 0 Å². The Hall–Kier alpha value is -1.30. The molecule has 0 bridgehead atoms. The lowest BCUT2D eigenvalue weighted by atomic mass is 10.5. The lowest BCUT2D eigenvalue weighted by Crippen LogP contribution is -2.11. The van der Waals surface area contributed by atoms with E-state index in [4.69, 9.17) is 0 Å². The highest BCUT2D eigenvalue weighted by atomic mass is 32.1. The molecule has 0 unspecified atom stereocenters. The molecule has 14 heavy (non-hydrogen) atoms. The Morgan fingerprint density at radius 2 is 1.79 bits per heavy atom. The van der Waals surface area contributed by atoms with Crippen LogP contribution in [0.1, 0.15) is 6.92 Å². The number of hydrogen-bond donors (Lipinski definition) is 1. The normalized spacial score (nSPS) is 9.86. The van der Waals surface area contributed by atoms with Gasteiger partial charge in [-0.05, 0) is 6.92 Å². The summed E-state index contributed by atoms with van der Waals surface area (Å²) in [4.78, 5) is 32.0. The highest BCUT2D eigenvalue weighted by molar-refractivity contribution is 7.81. The molecule has 78 valence electrons. The fourth-order valence-electron chi connectivity index (χ4n) is 0.505. The van der Waals surface area contributed by atoms with Gasteiger partial charge in [-0.1, -0.05) is 0 Å². The molecule has 0 fully saturated rings. The molecule has 6 heteroatoms. The third-order valence-corrected chi connectivity index (χ3v) is 1.24. The number of thiol groups is 1. The maximum Gasteiger partial charge on any atom is 0.338 e. The van der Waals surface area contributed by atoms with E-state index in [1.807, 2.05) is 0 Å². The van der Waals surface area contributed by atoms with Crippen LogP contribution in [0.15, 0.2) is 12.2 Å². The number of esters is 3. The van der Waals surface area contributed by atoms with Gasteiger partial charge in [-0.15, -0.1) is 0 Å². The van der Waals surface area contributed by atoms with Gasteiger partial charge in [-0.2, -0.15) is 12.6 Å². The third-order valence-electron chi connectivity index (χ3n) is 0.986. The molecule has 0 aliphatic heterocycles. The molecule has 0 spiro atoms. The Kier molecular flexibility index (Phi) is 6.47. The highest BCUT2D eigenvalue weighted by Gasteiger charge is 2.05. The van der Waals surface area contributed by atoms with Crippen LogP contribution >= 0.6 is 12.6 Å². The fourth-order valence-corrected chi connectivity index (χ4v) is 0.569. The van der Waals surface area contributed by atoms with Crippen molar-refractivity contribution in [2.45, 2.75) is 6.92 Å². The van der Waals surface area contributed by atoms with Gasteiger partial charge in [0.05, 0.1) is 12.4 Å². The van der Waals surface area contributed by atoms with Gasteiger partial charge < -0.3 is 9.47 Å². The van der Waals surface area contributed by atoms with Gasteiger partial charge in [-0.25, -0.2) is 9.59 Å². The molecule has 0 aromatic rings. The molecule has 0 saturated carbocycles. The summed E-state index contributed by atoms with van der Waals surface area (Å²) in [6.07, 6.45) is 1.71. The van der Waals surface area contributed by atoms with Crippen molar-refractivity contribution >= 4 is 30.5 Å². The van der Waals surface area contributed by atoms with Crippen LogP contribution in [0.2, 0.25) is 0 Å². The molecule has 0 aliphatic rings. The number of carbonyl (C=O) groups excluding carboxylic acids is 3. The SMILES string of the molecule is CCOC(=O)/C=C\C(=O)OC(=O)CS. The third kappa shape index (κ3) is 6.24. The number of hydrogen-bond acceptors (Lipinski definition) is 6. The van der Waals surface area contributed by atoms with E-state index >= 15 is 0 Å². The first-order valence-corrected chi connectivity index (χ1v) is 4.43. The Morgan fingerprint density at radius 3 is 2.29 bits per heavy atom. The summed E-state index contributed by atoms with van der Waals surface area (Å²) in [5, 5.41) is 0. The molecule has 0 aromatic heterocycles. The van der Waals surface area contributed by atoms with Crippen molar-refractivity contribution in [3.05, 3.63) is 12.2 Å². The van der Waals surface area contributed by atoms with Crippen LogP contribution < -0.4 is 0 Å². The first-order valence-electron chi connectivity index (χ1n) is 3.80. The molecule has 0 heterocycles. The summed E-state index contributed by atoms with van der Waals surface area (Å²) in [6, 6.07) is 0. The Bertz CT molecular complexity index is 258. The second kappa shape index (κ2) is 7.14. The maximum atomic E-state index is 10.7. The summed E-state index contributed by atoms with van der Waals surface area (Å²) in [6.45, 7) is 1.85. The number of rotatable bonds is 4. The zero-order valence-electron chi connectivity index (χ0n) is 7.56. The first-order chi connectivity index (χ1) is 6.60. The van der Waals surface area contributed by atoms with Crippen LogP contribution in [0, 0.1) is 0 Å². The van der Waals surface area contributed by atoms with Crippen molar-refractivity contribution in [1.29, 1.82) is 0 Å². The Labute approximate surface area is 86.5 Å². The van der Waals surface area contributed by atoms with E-state index in [0.29, 0.717) is 0 Å². The van der Waals surface area contributed by atoms with Crippen molar-refractivity contribution in [3.8, 4) is 0 Å². The Morgan fingerprint density at radius 1 is 1.21 bits per heavy atom. The lowest BCUT2D eigenvalue weighted by Gasteiger charge is -1.96. The van der Waals surface area contributed by atoms with Crippen molar-refractivity contribution in [2.24, 2.45) is 0 Å².